The third-order valence-corrected chi connectivity index (χ3v) is 13.0. The first-order chi connectivity index (χ1) is 32.5. The van der Waals surface area contributed by atoms with Crippen molar-refractivity contribution in [2.45, 2.75) is 27.7 Å². The Morgan fingerprint density at radius 1 is 0.618 bits per heavy atom. The SMILES string of the molecule is CCN(C)c1cc(C)c2nc(-c3nc4ccccc4[nH]3)c(=O)n(-c3ccc(Cl)cc3Cl)c2c1.CCN(C)c1cc(C)c2nc(C(=O)Nc3ccc(Cl)cc3Cl)c(=O)n(-c3ccc(Cl)cc3Cl)c2c1. The number of aromatic amines is 1. The van der Waals surface area contributed by atoms with Crippen LogP contribution in [0.2, 0.25) is 30.1 Å². The Bertz CT molecular complexity index is 3560. The standard InChI is InChI=1S/C25H20Cl4N4O2.C25H21Cl2N5O/c1-4-32(3)16-9-13(2)22-21(12-16)33(20-8-6-15(27)11-18(20)29)25(35)23(31-22)24(34)30-19-7-5-14(26)10-17(19)28;1-4-31(3)16-11-14(2)22-21(13-16)32(20-10-9-15(26)12-17(20)27)25(33)23(30-22)24-28-18-7-5-6-8-19(18)29-24/h5-12H,4H2,1-3H3,(H,30,34);5-13H,4H2,1-3H3,(H,28,29). The minimum absolute atomic E-state index is 0.226. The summed E-state index contributed by atoms with van der Waals surface area (Å²) in [6.45, 7) is 9.54. The highest BCUT2D eigenvalue weighted by atomic mass is 35.5. The van der Waals surface area contributed by atoms with Crippen LogP contribution in [0.5, 0.6) is 0 Å². The van der Waals surface area contributed by atoms with Gasteiger partial charge in [-0.05, 0) is 130 Å². The van der Waals surface area contributed by atoms with Crippen molar-refractivity contribution in [1.29, 1.82) is 0 Å². The number of amides is 1. The number of hydrogen-bond donors (Lipinski definition) is 2. The normalized spacial score (nSPS) is 11.2. The van der Waals surface area contributed by atoms with Crippen LogP contribution in [0.1, 0.15) is 35.5 Å². The van der Waals surface area contributed by atoms with Crippen LogP contribution in [-0.2, 0) is 0 Å². The summed E-state index contributed by atoms with van der Waals surface area (Å²) < 4.78 is 2.99. The number of rotatable bonds is 9. The minimum atomic E-state index is -0.714. The second-order valence-electron chi connectivity index (χ2n) is 15.9. The first-order valence-corrected chi connectivity index (χ1v) is 23.4. The number of para-hydroxylation sites is 2. The Morgan fingerprint density at radius 3 is 1.63 bits per heavy atom. The molecule has 346 valence electrons. The van der Waals surface area contributed by atoms with E-state index >= 15 is 0 Å². The van der Waals surface area contributed by atoms with E-state index in [1.807, 2.05) is 82.2 Å². The molecule has 1 amide bonds. The van der Waals surface area contributed by atoms with Crippen molar-refractivity contribution in [3.05, 3.63) is 171 Å². The van der Waals surface area contributed by atoms with E-state index < -0.39 is 11.5 Å². The summed E-state index contributed by atoms with van der Waals surface area (Å²) in [5.74, 6) is -0.301. The highest BCUT2D eigenvalue weighted by Crippen LogP contribution is 2.33. The van der Waals surface area contributed by atoms with Crippen LogP contribution in [0.4, 0.5) is 17.1 Å². The van der Waals surface area contributed by atoms with E-state index in [2.05, 4.69) is 38.2 Å². The number of aryl methyl sites for hydroxylation is 2. The first-order valence-electron chi connectivity index (χ1n) is 21.2. The summed E-state index contributed by atoms with van der Waals surface area (Å²) in [5.41, 5.74) is 7.74. The zero-order chi connectivity index (χ0) is 48.7. The summed E-state index contributed by atoms with van der Waals surface area (Å²) in [6.07, 6.45) is 0. The van der Waals surface area contributed by atoms with Crippen molar-refractivity contribution in [3.8, 4) is 22.9 Å². The number of carbonyl (C=O) groups is 1. The molecule has 3 heterocycles. The van der Waals surface area contributed by atoms with Gasteiger partial charge in [0.15, 0.2) is 17.2 Å². The summed E-state index contributed by atoms with van der Waals surface area (Å²) in [5, 5.41) is 4.85. The van der Waals surface area contributed by atoms with E-state index in [0.29, 0.717) is 65.0 Å². The molecular weight excluding hydrogens is 987 g/mol. The maximum Gasteiger partial charge on any atom is 0.287 e. The fourth-order valence-electron chi connectivity index (χ4n) is 7.62. The highest BCUT2D eigenvalue weighted by molar-refractivity contribution is 6.37. The lowest BCUT2D eigenvalue weighted by Gasteiger charge is -2.21. The molecule has 0 fully saturated rings. The monoisotopic (exact) mass is 1030 g/mol. The van der Waals surface area contributed by atoms with Gasteiger partial charge in [-0.2, -0.15) is 0 Å². The molecule has 0 aliphatic rings. The molecule has 0 atom stereocenters. The first kappa shape index (κ1) is 48.3. The van der Waals surface area contributed by atoms with Crippen LogP contribution in [0.25, 0.3) is 56.0 Å². The van der Waals surface area contributed by atoms with Crippen LogP contribution < -0.4 is 26.2 Å². The molecular formula is C50H41Cl6N9O3. The third-order valence-electron chi connectivity index (χ3n) is 11.4. The predicted molar refractivity (Wildman–Crippen MR) is 282 cm³/mol. The lowest BCUT2D eigenvalue weighted by Crippen LogP contribution is -2.31. The average Bonchev–Trinajstić information content (AvgIpc) is 3.74. The van der Waals surface area contributed by atoms with Gasteiger partial charge in [0.1, 0.15) is 0 Å². The van der Waals surface area contributed by atoms with Gasteiger partial charge in [-0.25, -0.2) is 15.0 Å². The summed E-state index contributed by atoms with van der Waals surface area (Å²) in [4.78, 5) is 62.1. The molecule has 0 radical (unpaired) electrons. The van der Waals surface area contributed by atoms with E-state index in [0.717, 1.165) is 46.6 Å². The van der Waals surface area contributed by atoms with Crippen LogP contribution in [0, 0.1) is 13.8 Å². The second-order valence-corrected chi connectivity index (χ2v) is 18.4. The van der Waals surface area contributed by atoms with Gasteiger partial charge in [0, 0.05) is 53.6 Å². The number of hydrogen-bond acceptors (Lipinski definition) is 8. The number of anilines is 3. The fraction of sp³-hybridized carbons (Fsp3) is 0.160. The summed E-state index contributed by atoms with van der Waals surface area (Å²) in [6, 6.07) is 30.0. The summed E-state index contributed by atoms with van der Waals surface area (Å²) in [7, 11) is 3.96. The molecule has 0 saturated heterocycles. The van der Waals surface area contributed by atoms with E-state index in [1.165, 1.54) is 10.6 Å². The molecule has 0 bridgehead atoms. The number of imidazole rings is 1. The van der Waals surface area contributed by atoms with E-state index in [-0.39, 0.29) is 27.0 Å². The molecule has 9 rings (SSSR count). The molecule has 2 N–H and O–H groups in total. The number of nitrogens with zero attached hydrogens (tertiary/aromatic N) is 7. The van der Waals surface area contributed by atoms with Gasteiger partial charge in [0.25, 0.3) is 17.0 Å². The molecule has 0 saturated carbocycles. The Morgan fingerprint density at radius 2 is 1.12 bits per heavy atom. The number of fused-ring (bicyclic) bond motifs is 3. The lowest BCUT2D eigenvalue weighted by atomic mass is 10.1. The molecule has 0 unspecified atom stereocenters. The van der Waals surface area contributed by atoms with Crippen molar-refractivity contribution in [3.63, 3.8) is 0 Å². The van der Waals surface area contributed by atoms with Crippen molar-refractivity contribution < 1.29 is 4.79 Å². The average molecular weight is 1030 g/mol. The molecule has 18 heteroatoms. The van der Waals surface area contributed by atoms with Gasteiger partial charge in [-0.1, -0.05) is 81.7 Å². The van der Waals surface area contributed by atoms with Gasteiger partial charge in [0.05, 0.1) is 65.2 Å². The van der Waals surface area contributed by atoms with Gasteiger partial charge < -0.3 is 20.1 Å². The van der Waals surface area contributed by atoms with Crippen LogP contribution in [0.3, 0.4) is 0 Å². The Labute approximate surface area is 420 Å². The molecule has 0 aliphatic heterocycles. The highest BCUT2D eigenvalue weighted by Gasteiger charge is 2.24. The van der Waals surface area contributed by atoms with Crippen LogP contribution >= 0.6 is 69.6 Å². The molecule has 6 aromatic carbocycles. The van der Waals surface area contributed by atoms with Gasteiger partial charge in [-0.15, -0.1) is 0 Å². The van der Waals surface area contributed by atoms with Gasteiger partial charge in [0.2, 0.25) is 0 Å². The minimum Gasteiger partial charge on any atom is -0.375 e. The molecule has 9 aromatic rings. The summed E-state index contributed by atoms with van der Waals surface area (Å²) >= 11 is 37.5. The topological polar surface area (TPSA) is 134 Å². The fourth-order valence-corrected chi connectivity index (χ4v) is 9.06. The Hall–Kier alpha value is -6.12. The number of halogens is 6. The van der Waals surface area contributed by atoms with Crippen LogP contribution in [0.15, 0.2) is 113 Å². The van der Waals surface area contributed by atoms with E-state index in [4.69, 9.17) is 74.6 Å². The maximum absolute atomic E-state index is 13.9. The predicted octanol–water partition coefficient (Wildman–Crippen LogP) is 13.0. The zero-order valence-corrected chi connectivity index (χ0v) is 41.9. The van der Waals surface area contributed by atoms with Crippen LogP contribution in [-0.4, -0.2) is 62.2 Å². The van der Waals surface area contributed by atoms with Gasteiger partial charge in [-0.3, -0.25) is 23.5 Å². The van der Waals surface area contributed by atoms with Crippen molar-refractivity contribution in [1.82, 2.24) is 29.1 Å². The van der Waals surface area contributed by atoms with Gasteiger partial charge >= 0.3 is 0 Å². The van der Waals surface area contributed by atoms with E-state index in [1.54, 1.807) is 53.1 Å². The second kappa shape index (κ2) is 19.8. The number of carbonyl (C=O) groups excluding carboxylic acids is 1. The Kier molecular flexibility index (Phi) is 14.1. The maximum atomic E-state index is 13.9. The van der Waals surface area contributed by atoms with Crippen molar-refractivity contribution >= 4 is 126 Å². The number of aromatic nitrogens is 6. The Balaban J connectivity index is 0.000000184. The number of nitrogens with one attached hydrogen (secondary N) is 2. The number of H-pyrrole nitrogens is 1. The molecule has 12 nitrogen and oxygen atoms in total. The van der Waals surface area contributed by atoms with Crippen molar-refractivity contribution in [2.24, 2.45) is 0 Å². The largest absolute Gasteiger partial charge is 0.375 e. The molecule has 0 spiro atoms. The lowest BCUT2D eigenvalue weighted by molar-refractivity contribution is 0.102. The molecule has 68 heavy (non-hydrogen) atoms. The quantitative estimate of drug-likeness (QED) is 0.146. The molecule has 0 aliphatic carbocycles. The molecule has 3 aromatic heterocycles. The van der Waals surface area contributed by atoms with Crippen molar-refractivity contribution in [2.75, 3.05) is 42.3 Å². The van der Waals surface area contributed by atoms with E-state index in [9.17, 15) is 14.4 Å². The third kappa shape index (κ3) is 9.49. The number of benzene rings is 6. The smallest absolute Gasteiger partial charge is 0.287 e. The zero-order valence-electron chi connectivity index (χ0n) is 37.4.